The zero-order chi connectivity index (χ0) is 13.8. The van der Waals surface area contributed by atoms with Crippen LogP contribution in [0.4, 0.5) is 0 Å². The van der Waals surface area contributed by atoms with Crippen LogP contribution >= 0.6 is 15.9 Å². The van der Waals surface area contributed by atoms with Gasteiger partial charge in [0.2, 0.25) is 5.78 Å². The molecular weight excluding hydrogens is 310 g/mol. The normalized spacial score (nSPS) is 15.2. The molecule has 102 valence electrons. The average Bonchev–Trinajstić information content (AvgIpc) is 2.46. The van der Waals surface area contributed by atoms with E-state index in [-0.39, 0.29) is 0 Å². The van der Waals surface area contributed by atoms with Crippen molar-refractivity contribution < 1.29 is 14.3 Å². The molecule has 0 bridgehead atoms. The van der Waals surface area contributed by atoms with Gasteiger partial charge in [-0.2, -0.15) is 0 Å². The molecular formula is C14H16BrNO3. The highest BCUT2D eigenvalue weighted by atomic mass is 79.9. The number of ether oxygens (including phenoxy) is 1. The zero-order valence-corrected chi connectivity index (χ0v) is 12.4. The van der Waals surface area contributed by atoms with Crippen LogP contribution in [0.1, 0.15) is 29.6 Å². The molecule has 2 rings (SSSR count). The first-order valence-corrected chi connectivity index (χ1v) is 7.10. The molecule has 1 heterocycles. The number of hydrogen-bond acceptors (Lipinski definition) is 3. The Morgan fingerprint density at radius 1 is 1.21 bits per heavy atom. The first-order chi connectivity index (χ1) is 9.13. The predicted octanol–water partition coefficient (Wildman–Crippen LogP) is 2.65. The number of piperidine rings is 1. The number of methoxy groups -OCH3 is 1. The molecule has 1 amide bonds. The lowest BCUT2D eigenvalue weighted by molar-refractivity contribution is -0.127. The Balaban J connectivity index is 2.14. The van der Waals surface area contributed by atoms with E-state index in [0.717, 1.165) is 19.3 Å². The average molecular weight is 326 g/mol. The van der Waals surface area contributed by atoms with E-state index in [1.54, 1.807) is 30.2 Å². The molecule has 4 nitrogen and oxygen atoms in total. The van der Waals surface area contributed by atoms with Crippen LogP contribution in [0.2, 0.25) is 0 Å². The molecule has 1 aromatic carbocycles. The maximum atomic E-state index is 12.1. The second-order valence-corrected chi connectivity index (χ2v) is 5.39. The van der Waals surface area contributed by atoms with E-state index in [1.165, 1.54) is 0 Å². The van der Waals surface area contributed by atoms with Crippen molar-refractivity contribution in [2.75, 3.05) is 20.2 Å². The Labute approximate surface area is 120 Å². The molecule has 5 heteroatoms. The lowest BCUT2D eigenvalue weighted by Crippen LogP contribution is -2.40. The Morgan fingerprint density at radius 3 is 2.47 bits per heavy atom. The highest BCUT2D eigenvalue weighted by Crippen LogP contribution is 2.26. The van der Waals surface area contributed by atoms with Gasteiger partial charge in [-0.1, -0.05) is 0 Å². The van der Waals surface area contributed by atoms with Crippen LogP contribution in [0.25, 0.3) is 0 Å². The molecule has 1 aliphatic rings. The monoisotopic (exact) mass is 325 g/mol. The highest BCUT2D eigenvalue weighted by Gasteiger charge is 2.24. The molecule has 0 aromatic heterocycles. The number of benzene rings is 1. The Hall–Kier alpha value is -1.36. The summed E-state index contributed by atoms with van der Waals surface area (Å²) in [5, 5.41) is 0. The zero-order valence-electron chi connectivity index (χ0n) is 10.8. The minimum absolute atomic E-state index is 0.392. The second-order valence-electron chi connectivity index (χ2n) is 4.53. The third-order valence-electron chi connectivity index (χ3n) is 3.25. The van der Waals surface area contributed by atoms with Gasteiger partial charge in [-0.05, 0) is 53.4 Å². The molecule has 1 saturated heterocycles. The van der Waals surface area contributed by atoms with Crippen molar-refractivity contribution in [2.24, 2.45) is 0 Å². The van der Waals surface area contributed by atoms with Crippen molar-refractivity contribution in [1.82, 2.24) is 4.90 Å². The quantitative estimate of drug-likeness (QED) is 0.634. The van der Waals surface area contributed by atoms with E-state index in [9.17, 15) is 9.59 Å². The van der Waals surface area contributed by atoms with Gasteiger partial charge in [0, 0.05) is 18.7 Å². The van der Waals surface area contributed by atoms with E-state index in [1.807, 2.05) is 0 Å². The van der Waals surface area contributed by atoms with E-state index in [4.69, 9.17) is 4.74 Å². The summed E-state index contributed by atoms with van der Waals surface area (Å²) in [4.78, 5) is 25.9. The molecule has 1 aromatic rings. The number of ketones is 1. The summed E-state index contributed by atoms with van der Waals surface area (Å²) in [7, 11) is 1.56. The summed E-state index contributed by atoms with van der Waals surface area (Å²) in [6.45, 7) is 1.36. The minimum Gasteiger partial charge on any atom is -0.496 e. The Kier molecular flexibility index (Phi) is 4.58. The van der Waals surface area contributed by atoms with Gasteiger partial charge < -0.3 is 9.64 Å². The van der Waals surface area contributed by atoms with Crippen LogP contribution < -0.4 is 4.74 Å². The topological polar surface area (TPSA) is 46.6 Å². The molecule has 0 N–H and O–H groups in total. The van der Waals surface area contributed by atoms with Gasteiger partial charge in [-0.3, -0.25) is 9.59 Å². The predicted molar refractivity (Wildman–Crippen MR) is 75.5 cm³/mol. The summed E-state index contributed by atoms with van der Waals surface area (Å²) in [5.74, 6) is -0.219. The number of rotatable bonds is 3. The van der Waals surface area contributed by atoms with Crippen molar-refractivity contribution in [2.45, 2.75) is 19.3 Å². The van der Waals surface area contributed by atoms with E-state index in [2.05, 4.69) is 15.9 Å². The maximum Gasteiger partial charge on any atom is 0.294 e. The summed E-state index contributed by atoms with van der Waals surface area (Å²) in [6.07, 6.45) is 3.09. The number of carbonyl (C=O) groups is 2. The summed E-state index contributed by atoms with van der Waals surface area (Å²) >= 11 is 3.32. The summed E-state index contributed by atoms with van der Waals surface area (Å²) in [5.41, 5.74) is 0.392. The Bertz CT molecular complexity index is 495. The fourth-order valence-electron chi connectivity index (χ4n) is 2.17. The van der Waals surface area contributed by atoms with Crippen LogP contribution in [-0.2, 0) is 4.79 Å². The van der Waals surface area contributed by atoms with Gasteiger partial charge in [-0.25, -0.2) is 0 Å². The number of nitrogens with zero attached hydrogens (tertiary/aromatic N) is 1. The first-order valence-electron chi connectivity index (χ1n) is 6.30. The number of Topliss-reactive ketones (excluding diaryl/α,β-unsaturated/α-hetero) is 1. The molecule has 1 aliphatic heterocycles. The highest BCUT2D eigenvalue weighted by molar-refractivity contribution is 9.10. The van der Waals surface area contributed by atoms with Crippen LogP contribution in [0.5, 0.6) is 5.75 Å². The van der Waals surface area contributed by atoms with Crippen LogP contribution in [0.15, 0.2) is 22.7 Å². The molecule has 0 radical (unpaired) electrons. The number of carbonyl (C=O) groups excluding carboxylic acids is 2. The standard InChI is InChI=1S/C14H16BrNO3/c1-19-12-6-5-10(9-11(12)15)13(17)14(18)16-7-3-2-4-8-16/h5-6,9H,2-4,7-8H2,1H3. The van der Waals surface area contributed by atoms with Crippen LogP contribution in [-0.4, -0.2) is 36.8 Å². The summed E-state index contributed by atoms with van der Waals surface area (Å²) in [6, 6.07) is 4.93. The van der Waals surface area contributed by atoms with Crippen molar-refractivity contribution in [3.05, 3.63) is 28.2 Å². The molecule has 0 saturated carbocycles. The van der Waals surface area contributed by atoms with Crippen molar-refractivity contribution in [3.63, 3.8) is 0 Å². The molecule has 0 atom stereocenters. The molecule has 0 aliphatic carbocycles. The molecule has 19 heavy (non-hydrogen) atoms. The fourth-order valence-corrected chi connectivity index (χ4v) is 2.71. The largest absolute Gasteiger partial charge is 0.496 e. The van der Waals surface area contributed by atoms with Gasteiger partial charge in [0.15, 0.2) is 0 Å². The number of likely N-dealkylation sites (tertiary alicyclic amines) is 1. The van der Waals surface area contributed by atoms with Gasteiger partial charge in [0.05, 0.1) is 11.6 Å². The molecule has 0 spiro atoms. The van der Waals surface area contributed by atoms with E-state index < -0.39 is 11.7 Å². The SMILES string of the molecule is COc1ccc(C(=O)C(=O)N2CCCCC2)cc1Br. The van der Waals surface area contributed by atoms with Crippen molar-refractivity contribution >= 4 is 27.6 Å². The van der Waals surface area contributed by atoms with Gasteiger partial charge >= 0.3 is 0 Å². The number of hydrogen-bond donors (Lipinski definition) is 0. The third kappa shape index (κ3) is 3.15. The number of halogens is 1. The lowest BCUT2D eigenvalue weighted by atomic mass is 10.1. The van der Waals surface area contributed by atoms with Crippen LogP contribution in [0.3, 0.4) is 0 Å². The van der Waals surface area contributed by atoms with E-state index in [0.29, 0.717) is 28.9 Å². The smallest absolute Gasteiger partial charge is 0.294 e. The van der Waals surface area contributed by atoms with Crippen LogP contribution in [0, 0.1) is 0 Å². The lowest BCUT2D eigenvalue weighted by Gasteiger charge is -2.25. The van der Waals surface area contributed by atoms with Gasteiger partial charge in [-0.15, -0.1) is 0 Å². The Morgan fingerprint density at radius 2 is 1.89 bits per heavy atom. The number of amides is 1. The van der Waals surface area contributed by atoms with Gasteiger partial charge in [0.25, 0.3) is 5.91 Å². The van der Waals surface area contributed by atoms with Crippen molar-refractivity contribution in [3.8, 4) is 5.75 Å². The molecule has 1 fully saturated rings. The third-order valence-corrected chi connectivity index (χ3v) is 3.87. The van der Waals surface area contributed by atoms with Gasteiger partial charge in [0.1, 0.15) is 5.75 Å². The maximum absolute atomic E-state index is 12.1. The van der Waals surface area contributed by atoms with Crippen molar-refractivity contribution in [1.29, 1.82) is 0 Å². The fraction of sp³-hybridized carbons (Fsp3) is 0.429. The minimum atomic E-state index is -0.453. The first kappa shape index (κ1) is 14.1. The van der Waals surface area contributed by atoms with E-state index >= 15 is 0 Å². The molecule has 0 unspecified atom stereocenters. The second kappa shape index (κ2) is 6.19. The summed E-state index contributed by atoms with van der Waals surface area (Å²) < 4.78 is 5.78.